The number of carbonyl (C=O) groups excluding carboxylic acids is 2. The van der Waals surface area contributed by atoms with Crippen LogP contribution in [0.4, 0.5) is 5.69 Å². The zero-order chi connectivity index (χ0) is 17.3. The Morgan fingerprint density at radius 2 is 1.88 bits per heavy atom. The summed E-state index contributed by atoms with van der Waals surface area (Å²) in [7, 11) is 1.58. The van der Waals surface area contributed by atoms with Crippen molar-refractivity contribution in [1.29, 1.82) is 0 Å². The number of amides is 1. The fourth-order valence-electron chi connectivity index (χ4n) is 2.67. The van der Waals surface area contributed by atoms with Gasteiger partial charge in [-0.3, -0.25) is 9.59 Å². The van der Waals surface area contributed by atoms with Gasteiger partial charge in [0.05, 0.1) is 19.1 Å². The van der Waals surface area contributed by atoms with Crippen LogP contribution in [0.1, 0.15) is 41.0 Å². The Balaban J connectivity index is 1.81. The van der Waals surface area contributed by atoms with E-state index in [9.17, 15) is 9.59 Å². The van der Waals surface area contributed by atoms with Gasteiger partial charge in [-0.2, -0.15) is 0 Å². The summed E-state index contributed by atoms with van der Waals surface area (Å²) in [6.07, 6.45) is 0.295. The molecule has 0 radical (unpaired) electrons. The predicted octanol–water partition coefficient (Wildman–Crippen LogP) is 3.69. The Bertz CT molecular complexity index is 794. The molecule has 0 unspecified atom stereocenters. The van der Waals surface area contributed by atoms with E-state index in [-0.39, 0.29) is 11.7 Å². The summed E-state index contributed by atoms with van der Waals surface area (Å²) in [6, 6.07) is 12.0. The van der Waals surface area contributed by atoms with Crippen LogP contribution in [0.2, 0.25) is 0 Å². The smallest absolute Gasteiger partial charge is 0.255 e. The van der Waals surface area contributed by atoms with Crippen LogP contribution in [0.3, 0.4) is 0 Å². The summed E-state index contributed by atoms with van der Waals surface area (Å²) in [6.45, 7) is 3.75. The molecule has 0 bridgehead atoms. The molecule has 1 heterocycles. The highest BCUT2D eigenvalue weighted by atomic mass is 16.5. The van der Waals surface area contributed by atoms with Gasteiger partial charge in [0.2, 0.25) is 0 Å². The van der Waals surface area contributed by atoms with Crippen LogP contribution in [-0.2, 0) is 0 Å². The fraction of sp³-hybridized carbons (Fsp3) is 0.263. The van der Waals surface area contributed by atoms with E-state index in [2.05, 4.69) is 5.32 Å². The van der Waals surface area contributed by atoms with Crippen LogP contribution < -0.4 is 14.8 Å². The highest BCUT2D eigenvalue weighted by Gasteiger charge is 2.32. The molecule has 1 aliphatic heterocycles. The zero-order valence-electron chi connectivity index (χ0n) is 13.9. The van der Waals surface area contributed by atoms with Gasteiger partial charge < -0.3 is 14.8 Å². The molecule has 5 heteroatoms. The van der Waals surface area contributed by atoms with Crippen molar-refractivity contribution in [3.63, 3.8) is 0 Å². The number of fused-ring (bicyclic) bond motifs is 1. The molecular weight excluding hydrogens is 306 g/mol. The Morgan fingerprint density at radius 3 is 2.54 bits per heavy atom. The van der Waals surface area contributed by atoms with E-state index >= 15 is 0 Å². The molecule has 0 spiro atoms. The standard InChI is InChI=1S/C19H19NO4/c1-19(2)11-16(21)15-10-12(4-9-17(15)24-19)18(22)20-13-5-7-14(23-3)8-6-13/h4-10H,11H2,1-3H3,(H,20,22). The summed E-state index contributed by atoms with van der Waals surface area (Å²) < 4.78 is 10.9. The lowest BCUT2D eigenvalue weighted by Gasteiger charge is -2.31. The van der Waals surface area contributed by atoms with E-state index < -0.39 is 5.60 Å². The third-order valence-electron chi connectivity index (χ3n) is 3.86. The molecule has 0 saturated carbocycles. The van der Waals surface area contributed by atoms with E-state index in [0.717, 1.165) is 0 Å². The number of ketones is 1. The number of hydrogen-bond donors (Lipinski definition) is 1. The normalized spacial score (nSPS) is 15.2. The first-order chi connectivity index (χ1) is 11.4. The number of rotatable bonds is 3. The monoisotopic (exact) mass is 325 g/mol. The van der Waals surface area contributed by atoms with Gasteiger partial charge in [0.1, 0.15) is 17.1 Å². The number of hydrogen-bond acceptors (Lipinski definition) is 4. The molecule has 24 heavy (non-hydrogen) atoms. The highest BCUT2D eigenvalue weighted by Crippen LogP contribution is 2.33. The van der Waals surface area contributed by atoms with Crippen LogP contribution in [-0.4, -0.2) is 24.4 Å². The van der Waals surface area contributed by atoms with Gasteiger partial charge in [0.15, 0.2) is 5.78 Å². The maximum Gasteiger partial charge on any atom is 0.255 e. The van der Waals surface area contributed by atoms with E-state index in [4.69, 9.17) is 9.47 Å². The Hall–Kier alpha value is -2.82. The number of Topliss-reactive ketones (excluding diaryl/α,β-unsaturated/α-hetero) is 1. The van der Waals surface area contributed by atoms with Gasteiger partial charge in [0, 0.05) is 11.3 Å². The second kappa shape index (κ2) is 6.00. The van der Waals surface area contributed by atoms with Crippen LogP contribution in [0, 0.1) is 0 Å². The van der Waals surface area contributed by atoms with E-state index in [1.165, 1.54) is 0 Å². The molecule has 3 rings (SSSR count). The average Bonchev–Trinajstić information content (AvgIpc) is 2.54. The predicted molar refractivity (Wildman–Crippen MR) is 91.0 cm³/mol. The number of anilines is 1. The van der Waals surface area contributed by atoms with Gasteiger partial charge in [-0.05, 0) is 56.3 Å². The third-order valence-corrected chi connectivity index (χ3v) is 3.86. The molecule has 2 aromatic rings. The maximum absolute atomic E-state index is 12.4. The van der Waals surface area contributed by atoms with Gasteiger partial charge in [-0.25, -0.2) is 0 Å². The molecule has 1 aliphatic rings. The molecule has 0 aromatic heterocycles. The molecule has 0 aliphatic carbocycles. The van der Waals surface area contributed by atoms with Crippen molar-refractivity contribution in [3.05, 3.63) is 53.6 Å². The Morgan fingerprint density at radius 1 is 1.17 bits per heavy atom. The average molecular weight is 325 g/mol. The number of methoxy groups -OCH3 is 1. The molecule has 2 aromatic carbocycles. The van der Waals surface area contributed by atoms with E-state index in [0.29, 0.717) is 34.7 Å². The van der Waals surface area contributed by atoms with Crippen LogP contribution in [0.5, 0.6) is 11.5 Å². The molecule has 1 N–H and O–H groups in total. The summed E-state index contributed by atoms with van der Waals surface area (Å²) >= 11 is 0. The molecule has 0 saturated heterocycles. The lowest BCUT2D eigenvalue weighted by atomic mass is 9.92. The minimum absolute atomic E-state index is 0.0136. The molecule has 0 fully saturated rings. The lowest BCUT2D eigenvalue weighted by molar-refractivity contribution is 0.0620. The topological polar surface area (TPSA) is 64.6 Å². The first-order valence-electron chi connectivity index (χ1n) is 7.70. The Kier molecular flexibility index (Phi) is 4.01. The quantitative estimate of drug-likeness (QED) is 0.935. The number of carbonyl (C=O) groups is 2. The van der Waals surface area contributed by atoms with Gasteiger partial charge in [-0.15, -0.1) is 0 Å². The van der Waals surface area contributed by atoms with Crippen molar-refractivity contribution in [2.75, 3.05) is 12.4 Å². The van der Waals surface area contributed by atoms with Crippen LogP contribution in [0.15, 0.2) is 42.5 Å². The lowest BCUT2D eigenvalue weighted by Crippen LogP contribution is -2.36. The zero-order valence-corrected chi connectivity index (χ0v) is 13.9. The summed E-state index contributed by atoms with van der Waals surface area (Å²) in [5.74, 6) is 0.949. The van der Waals surface area contributed by atoms with Crippen molar-refractivity contribution in [2.24, 2.45) is 0 Å². The van der Waals surface area contributed by atoms with Crippen LogP contribution >= 0.6 is 0 Å². The van der Waals surface area contributed by atoms with Gasteiger partial charge in [0.25, 0.3) is 5.91 Å². The van der Waals surface area contributed by atoms with Crippen molar-refractivity contribution in [3.8, 4) is 11.5 Å². The fourth-order valence-corrected chi connectivity index (χ4v) is 2.67. The number of benzene rings is 2. The largest absolute Gasteiger partial charge is 0.497 e. The van der Waals surface area contributed by atoms with Crippen molar-refractivity contribution < 1.29 is 19.1 Å². The second-order valence-electron chi connectivity index (χ2n) is 6.36. The first kappa shape index (κ1) is 16.1. The van der Waals surface area contributed by atoms with Gasteiger partial charge >= 0.3 is 0 Å². The molecular formula is C19H19NO4. The Labute approximate surface area is 140 Å². The van der Waals surface area contributed by atoms with E-state index in [1.807, 2.05) is 13.8 Å². The molecule has 0 atom stereocenters. The van der Waals surface area contributed by atoms with Crippen molar-refractivity contribution in [1.82, 2.24) is 0 Å². The summed E-state index contributed by atoms with van der Waals surface area (Å²) in [4.78, 5) is 24.7. The first-order valence-corrected chi connectivity index (χ1v) is 7.70. The van der Waals surface area contributed by atoms with Gasteiger partial charge in [-0.1, -0.05) is 0 Å². The second-order valence-corrected chi connectivity index (χ2v) is 6.36. The summed E-state index contributed by atoms with van der Waals surface area (Å²) in [5.41, 5.74) is 1.01. The number of ether oxygens (including phenoxy) is 2. The van der Waals surface area contributed by atoms with E-state index in [1.54, 1.807) is 49.6 Å². The molecule has 124 valence electrons. The van der Waals surface area contributed by atoms with Crippen molar-refractivity contribution in [2.45, 2.75) is 25.9 Å². The highest BCUT2D eigenvalue weighted by molar-refractivity contribution is 6.07. The molecule has 1 amide bonds. The minimum atomic E-state index is -0.517. The SMILES string of the molecule is COc1ccc(NC(=O)c2ccc3c(c2)C(=O)CC(C)(C)O3)cc1. The van der Waals surface area contributed by atoms with Crippen LogP contribution in [0.25, 0.3) is 0 Å². The maximum atomic E-state index is 12.4. The van der Waals surface area contributed by atoms with Crippen molar-refractivity contribution >= 4 is 17.4 Å². The number of nitrogens with one attached hydrogen (secondary N) is 1. The third kappa shape index (κ3) is 3.25. The summed E-state index contributed by atoms with van der Waals surface area (Å²) in [5, 5.41) is 2.80. The minimum Gasteiger partial charge on any atom is -0.497 e. The molecule has 5 nitrogen and oxygen atoms in total.